The van der Waals surface area contributed by atoms with Crippen molar-refractivity contribution in [2.75, 3.05) is 7.11 Å². The molecule has 2 aromatic rings. The van der Waals surface area contributed by atoms with Gasteiger partial charge < -0.3 is 10.5 Å². The molecule has 0 unspecified atom stereocenters. The molecule has 0 bridgehead atoms. The molecule has 2 nitrogen and oxygen atoms in total. The number of ether oxygens (including phenoxy) is 1. The Kier molecular flexibility index (Phi) is 4.13. The fourth-order valence-electron chi connectivity index (χ4n) is 2.24. The summed E-state index contributed by atoms with van der Waals surface area (Å²) in [7, 11) is 1.69. The quantitative estimate of drug-likeness (QED) is 0.916. The predicted molar refractivity (Wildman–Crippen MR) is 80.8 cm³/mol. The number of nitrogens with two attached hydrogens (primary N) is 1. The summed E-state index contributed by atoms with van der Waals surface area (Å²) in [6.07, 6.45) is 0. The number of hydrogen-bond acceptors (Lipinski definition) is 2. The van der Waals surface area contributed by atoms with Crippen LogP contribution in [-0.4, -0.2) is 7.11 Å². The number of benzene rings is 2. The summed E-state index contributed by atoms with van der Waals surface area (Å²) in [5, 5.41) is 0.701. The van der Waals surface area contributed by atoms with Crippen LogP contribution in [0.25, 0.3) is 11.1 Å². The number of halogens is 1. The molecule has 0 saturated carbocycles. The van der Waals surface area contributed by atoms with E-state index < -0.39 is 0 Å². The summed E-state index contributed by atoms with van der Waals surface area (Å²) in [4.78, 5) is 0. The maximum atomic E-state index is 6.11. The van der Waals surface area contributed by atoms with Crippen LogP contribution in [0.1, 0.15) is 16.7 Å². The van der Waals surface area contributed by atoms with Gasteiger partial charge in [0.25, 0.3) is 0 Å². The van der Waals surface area contributed by atoms with Crippen LogP contribution in [-0.2, 0) is 6.54 Å². The van der Waals surface area contributed by atoms with E-state index in [9.17, 15) is 0 Å². The second-order valence-corrected chi connectivity index (χ2v) is 5.03. The van der Waals surface area contributed by atoms with Crippen molar-refractivity contribution in [2.45, 2.75) is 20.4 Å². The summed E-state index contributed by atoms with van der Waals surface area (Å²) >= 11 is 6.11. The van der Waals surface area contributed by atoms with Crippen LogP contribution in [0.2, 0.25) is 5.02 Å². The van der Waals surface area contributed by atoms with Gasteiger partial charge in [0.15, 0.2) is 0 Å². The van der Waals surface area contributed by atoms with E-state index >= 15 is 0 Å². The minimum atomic E-state index is 0.475. The van der Waals surface area contributed by atoms with Crippen molar-refractivity contribution < 1.29 is 4.74 Å². The minimum absolute atomic E-state index is 0.475. The van der Waals surface area contributed by atoms with Gasteiger partial charge in [0.05, 0.1) is 7.11 Å². The van der Waals surface area contributed by atoms with Gasteiger partial charge in [-0.25, -0.2) is 0 Å². The molecular formula is C16H18ClNO. The first-order valence-corrected chi connectivity index (χ1v) is 6.59. The highest BCUT2D eigenvalue weighted by atomic mass is 35.5. The Morgan fingerprint density at radius 1 is 1.11 bits per heavy atom. The molecule has 0 aliphatic rings. The highest BCUT2D eigenvalue weighted by Crippen LogP contribution is 2.37. The molecule has 0 spiro atoms. The molecule has 0 fully saturated rings. The molecule has 0 heterocycles. The smallest absolute Gasteiger partial charge is 0.129 e. The summed E-state index contributed by atoms with van der Waals surface area (Å²) in [5.41, 5.74) is 11.3. The topological polar surface area (TPSA) is 35.2 Å². The fourth-order valence-corrected chi connectivity index (χ4v) is 2.41. The Labute approximate surface area is 119 Å². The second kappa shape index (κ2) is 5.64. The van der Waals surface area contributed by atoms with Crippen molar-refractivity contribution >= 4 is 11.6 Å². The molecular weight excluding hydrogens is 258 g/mol. The van der Waals surface area contributed by atoms with Crippen LogP contribution in [0, 0.1) is 13.8 Å². The monoisotopic (exact) mass is 275 g/mol. The minimum Gasteiger partial charge on any atom is -0.496 e. The highest BCUT2D eigenvalue weighted by Gasteiger charge is 2.13. The van der Waals surface area contributed by atoms with Gasteiger partial charge >= 0.3 is 0 Å². The van der Waals surface area contributed by atoms with E-state index in [1.807, 2.05) is 18.2 Å². The summed E-state index contributed by atoms with van der Waals surface area (Å²) < 4.78 is 5.57. The first-order valence-electron chi connectivity index (χ1n) is 6.21. The van der Waals surface area contributed by atoms with Crippen molar-refractivity contribution in [3.05, 3.63) is 52.0 Å². The molecule has 19 heavy (non-hydrogen) atoms. The SMILES string of the molecule is COc1c(-c2cc(Cl)ccc2CN)ccc(C)c1C. The molecule has 0 radical (unpaired) electrons. The Balaban J connectivity index is 2.71. The molecule has 0 saturated heterocycles. The first-order chi connectivity index (χ1) is 9.08. The molecule has 2 rings (SSSR count). The molecule has 2 aromatic carbocycles. The largest absolute Gasteiger partial charge is 0.496 e. The molecule has 100 valence electrons. The Bertz CT molecular complexity index is 608. The molecule has 0 aliphatic carbocycles. The molecule has 2 N–H and O–H groups in total. The zero-order valence-electron chi connectivity index (χ0n) is 11.5. The standard InChI is InChI=1S/C16H18ClNO/c1-10-4-7-14(16(19-3)11(10)2)15-8-13(17)6-5-12(15)9-18/h4-8H,9,18H2,1-3H3. The van der Waals surface area contributed by atoms with E-state index in [4.69, 9.17) is 22.1 Å². The first kappa shape index (κ1) is 13.9. The van der Waals surface area contributed by atoms with Crippen LogP contribution < -0.4 is 10.5 Å². The highest BCUT2D eigenvalue weighted by molar-refractivity contribution is 6.30. The van der Waals surface area contributed by atoms with E-state index in [2.05, 4.69) is 26.0 Å². The van der Waals surface area contributed by atoms with Gasteiger partial charge in [0.2, 0.25) is 0 Å². The van der Waals surface area contributed by atoms with Crippen molar-refractivity contribution in [3.8, 4) is 16.9 Å². The third-order valence-electron chi connectivity index (χ3n) is 3.46. The average Bonchev–Trinajstić information content (AvgIpc) is 2.41. The van der Waals surface area contributed by atoms with Crippen molar-refractivity contribution in [2.24, 2.45) is 5.73 Å². The van der Waals surface area contributed by atoms with E-state index in [1.54, 1.807) is 7.11 Å². The van der Waals surface area contributed by atoms with Crippen LogP contribution in [0.3, 0.4) is 0 Å². The predicted octanol–water partition coefficient (Wildman–Crippen LogP) is 4.09. The molecule has 0 atom stereocenters. The maximum absolute atomic E-state index is 6.11. The van der Waals surface area contributed by atoms with Crippen molar-refractivity contribution in [3.63, 3.8) is 0 Å². The van der Waals surface area contributed by atoms with Gasteiger partial charge in [0, 0.05) is 17.1 Å². The number of rotatable bonds is 3. The lowest BCUT2D eigenvalue weighted by Gasteiger charge is -2.16. The Hall–Kier alpha value is -1.51. The van der Waals surface area contributed by atoms with Crippen LogP contribution in [0.4, 0.5) is 0 Å². The zero-order valence-corrected chi connectivity index (χ0v) is 12.2. The molecule has 0 aliphatic heterocycles. The average molecular weight is 276 g/mol. The number of methoxy groups -OCH3 is 1. The van der Waals surface area contributed by atoms with Crippen LogP contribution >= 0.6 is 11.6 Å². The zero-order chi connectivity index (χ0) is 14.0. The Morgan fingerprint density at radius 3 is 2.47 bits per heavy atom. The summed E-state index contributed by atoms with van der Waals surface area (Å²) in [6.45, 7) is 4.61. The summed E-state index contributed by atoms with van der Waals surface area (Å²) in [6, 6.07) is 9.92. The van der Waals surface area contributed by atoms with Gasteiger partial charge in [0.1, 0.15) is 5.75 Å². The van der Waals surface area contributed by atoms with Crippen LogP contribution in [0.15, 0.2) is 30.3 Å². The van der Waals surface area contributed by atoms with Crippen LogP contribution in [0.5, 0.6) is 5.75 Å². The van der Waals surface area contributed by atoms with E-state index in [0.29, 0.717) is 11.6 Å². The molecule has 3 heteroatoms. The van der Waals surface area contributed by atoms with Gasteiger partial charge in [-0.2, -0.15) is 0 Å². The lowest BCUT2D eigenvalue weighted by molar-refractivity contribution is 0.413. The van der Waals surface area contributed by atoms with Gasteiger partial charge in [-0.15, -0.1) is 0 Å². The van der Waals surface area contributed by atoms with Gasteiger partial charge in [-0.3, -0.25) is 0 Å². The maximum Gasteiger partial charge on any atom is 0.129 e. The Morgan fingerprint density at radius 2 is 1.84 bits per heavy atom. The van der Waals surface area contributed by atoms with Crippen molar-refractivity contribution in [1.29, 1.82) is 0 Å². The normalized spacial score (nSPS) is 10.6. The summed E-state index contributed by atoms with van der Waals surface area (Å²) in [5.74, 6) is 0.886. The lowest BCUT2D eigenvalue weighted by atomic mass is 9.95. The molecule has 0 amide bonds. The van der Waals surface area contributed by atoms with Crippen molar-refractivity contribution in [1.82, 2.24) is 0 Å². The number of hydrogen-bond donors (Lipinski definition) is 1. The lowest BCUT2D eigenvalue weighted by Crippen LogP contribution is -2.01. The second-order valence-electron chi connectivity index (χ2n) is 4.59. The number of aryl methyl sites for hydroxylation is 1. The van der Waals surface area contributed by atoms with Gasteiger partial charge in [-0.1, -0.05) is 29.8 Å². The third kappa shape index (κ3) is 2.60. The van der Waals surface area contributed by atoms with Gasteiger partial charge in [-0.05, 0) is 48.2 Å². The van der Waals surface area contributed by atoms with E-state index in [-0.39, 0.29) is 0 Å². The molecule has 0 aromatic heterocycles. The third-order valence-corrected chi connectivity index (χ3v) is 3.70. The van der Waals surface area contributed by atoms with E-state index in [0.717, 1.165) is 28.0 Å². The fraction of sp³-hybridized carbons (Fsp3) is 0.250. The van der Waals surface area contributed by atoms with E-state index in [1.165, 1.54) is 5.56 Å².